The van der Waals surface area contributed by atoms with Gasteiger partial charge in [-0.15, -0.1) is 11.3 Å². The van der Waals surface area contributed by atoms with Gasteiger partial charge < -0.3 is 5.32 Å². The minimum absolute atomic E-state index is 0.905. The highest BCUT2D eigenvalue weighted by atomic mass is 32.1. The Labute approximate surface area is 112 Å². The predicted octanol–water partition coefficient (Wildman–Crippen LogP) is 2.60. The van der Waals surface area contributed by atoms with Crippen molar-refractivity contribution >= 4 is 16.5 Å². The lowest BCUT2D eigenvalue weighted by molar-refractivity contribution is 0.321. The molecule has 2 aromatic rings. The summed E-state index contributed by atoms with van der Waals surface area (Å²) in [6.45, 7) is 4.81. The van der Waals surface area contributed by atoms with E-state index in [1.807, 2.05) is 18.5 Å². The maximum atomic E-state index is 4.33. The molecule has 0 bridgehead atoms. The third-order valence-corrected chi connectivity index (χ3v) is 3.42. The molecule has 96 valence electrons. The molecule has 18 heavy (non-hydrogen) atoms. The van der Waals surface area contributed by atoms with Crippen LogP contribution in [0.3, 0.4) is 0 Å². The highest BCUT2D eigenvalue weighted by molar-refractivity contribution is 7.15. The van der Waals surface area contributed by atoms with Gasteiger partial charge in [-0.3, -0.25) is 9.88 Å². The van der Waals surface area contributed by atoms with Crippen LogP contribution in [0.2, 0.25) is 0 Å². The molecular formula is C13H18N4S. The first-order valence-corrected chi connectivity index (χ1v) is 6.85. The first-order valence-electron chi connectivity index (χ1n) is 6.04. The number of thiazole rings is 1. The van der Waals surface area contributed by atoms with Crippen molar-refractivity contribution < 1.29 is 0 Å². The molecule has 2 rings (SSSR count). The molecule has 0 spiro atoms. The number of aromatic nitrogens is 2. The summed E-state index contributed by atoms with van der Waals surface area (Å²) in [5.41, 5.74) is 1.23. The number of hydrogen-bond acceptors (Lipinski definition) is 5. The first kappa shape index (κ1) is 13.0. The van der Waals surface area contributed by atoms with Crippen LogP contribution in [0.4, 0.5) is 5.13 Å². The maximum Gasteiger partial charge on any atom is 0.182 e. The average molecular weight is 262 g/mol. The van der Waals surface area contributed by atoms with Crippen molar-refractivity contribution in [2.24, 2.45) is 0 Å². The van der Waals surface area contributed by atoms with Crippen LogP contribution in [0.25, 0.3) is 0 Å². The van der Waals surface area contributed by atoms with Gasteiger partial charge >= 0.3 is 0 Å². The topological polar surface area (TPSA) is 41.1 Å². The summed E-state index contributed by atoms with van der Waals surface area (Å²) in [5, 5.41) is 4.23. The van der Waals surface area contributed by atoms with Gasteiger partial charge in [-0.2, -0.15) is 0 Å². The zero-order chi connectivity index (χ0) is 12.8. The van der Waals surface area contributed by atoms with E-state index in [1.165, 1.54) is 10.4 Å². The van der Waals surface area contributed by atoms with E-state index in [9.17, 15) is 0 Å². The zero-order valence-electron chi connectivity index (χ0n) is 10.8. The second kappa shape index (κ2) is 6.47. The third-order valence-electron chi connectivity index (χ3n) is 2.48. The maximum absolute atomic E-state index is 4.33. The number of nitrogens with zero attached hydrogens (tertiary/aromatic N) is 3. The van der Waals surface area contributed by atoms with Gasteiger partial charge in [0.15, 0.2) is 5.13 Å². The number of rotatable bonds is 6. The highest BCUT2D eigenvalue weighted by Gasteiger charge is 2.05. The fourth-order valence-corrected chi connectivity index (χ4v) is 2.70. The Morgan fingerprint density at radius 3 is 2.94 bits per heavy atom. The Balaban J connectivity index is 1.88. The van der Waals surface area contributed by atoms with Crippen molar-refractivity contribution in [1.29, 1.82) is 0 Å². The molecular weight excluding hydrogens is 244 g/mol. The standard InChI is InChI=1S/C13H18N4S/c1-3-15-13-16-8-12(18-13)10-17(2)9-11-5-4-6-14-7-11/h4-8H,3,9-10H2,1-2H3,(H,15,16). The second-order valence-corrected chi connectivity index (χ2v) is 5.31. The summed E-state index contributed by atoms with van der Waals surface area (Å²) >= 11 is 1.72. The van der Waals surface area contributed by atoms with Crippen LogP contribution in [0.1, 0.15) is 17.4 Å². The number of anilines is 1. The van der Waals surface area contributed by atoms with Crippen LogP contribution >= 0.6 is 11.3 Å². The Morgan fingerprint density at radius 2 is 2.22 bits per heavy atom. The van der Waals surface area contributed by atoms with E-state index < -0.39 is 0 Å². The minimum atomic E-state index is 0.905. The summed E-state index contributed by atoms with van der Waals surface area (Å²) in [6, 6.07) is 4.07. The van der Waals surface area contributed by atoms with Gasteiger partial charge in [-0.05, 0) is 25.6 Å². The number of nitrogens with one attached hydrogen (secondary N) is 1. The van der Waals surface area contributed by atoms with Crippen LogP contribution in [-0.4, -0.2) is 28.5 Å². The molecule has 1 N–H and O–H groups in total. The molecule has 0 radical (unpaired) electrons. The van der Waals surface area contributed by atoms with Crippen molar-refractivity contribution in [2.45, 2.75) is 20.0 Å². The summed E-state index contributed by atoms with van der Waals surface area (Å²) in [7, 11) is 2.11. The quantitative estimate of drug-likeness (QED) is 0.869. The average Bonchev–Trinajstić information content (AvgIpc) is 2.78. The van der Waals surface area contributed by atoms with Crippen LogP contribution in [0, 0.1) is 0 Å². The van der Waals surface area contributed by atoms with E-state index in [0.717, 1.165) is 24.8 Å². The Morgan fingerprint density at radius 1 is 1.33 bits per heavy atom. The van der Waals surface area contributed by atoms with Crippen LogP contribution < -0.4 is 5.32 Å². The molecule has 0 aliphatic heterocycles. The SMILES string of the molecule is CCNc1ncc(CN(C)Cc2cccnc2)s1. The molecule has 0 saturated carbocycles. The first-order chi connectivity index (χ1) is 8.78. The fraction of sp³-hybridized carbons (Fsp3) is 0.385. The Bertz CT molecular complexity index is 469. The van der Waals surface area contributed by atoms with Crippen molar-refractivity contribution in [1.82, 2.24) is 14.9 Å². The summed E-state index contributed by atoms with van der Waals surface area (Å²) in [5.74, 6) is 0. The smallest absolute Gasteiger partial charge is 0.182 e. The lowest BCUT2D eigenvalue weighted by Crippen LogP contribution is -2.16. The van der Waals surface area contributed by atoms with Crippen LogP contribution in [0.5, 0.6) is 0 Å². The molecule has 0 fully saturated rings. The molecule has 0 atom stereocenters. The number of pyridine rings is 1. The zero-order valence-corrected chi connectivity index (χ0v) is 11.6. The minimum Gasteiger partial charge on any atom is -0.362 e. The van der Waals surface area contributed by atoms with Gasteiger partial charge in [0.2, 0.25) is 0 Å². The summed E-state index contributed by atoms with van der Waals surface area (Å²) in [4.78, 5) is 12.0. The molecule has 0 aliphatic rings. The van der Waals surface area contributed by atoms with E-state index in [-0.39, 0.29) is 0 Å². The molecule has 0 unspecified atom stereocenters. The van der Waals surface area contributed by atoms with E-state index in [0.29, 0.717) is 0 Å². The van der Waals surface area contributed by atoms with Gasteiger partial charge in [-0.1, -0.05) is 6.07 Å². The van der Waals surface area contributed by atoms with Crippen molar-refractivity contribution in [3.63, 3.8) is 0 Å². The largest absolute Gasteiger partial charge is 0.362 e. The Kier molecular flexibility index (Phi) is 4.66. The third kappa shape index (κ3) is 3.78. The Hall–Kier alpha value is -1.46. The molecule has 5 heteroatoms. The van der Waals surface area contributed by atoms with E-state index in [2.05, 4.69) is 40.2 Å². The molecule has 2 aromatic heterocycles. The molecule has 0 amide bonds. The number of hydrogen-bond donors (Lipinski definition) is 1. The second-order valence-electron chi connectivity index (χ2n) is 4.20. The highest BCUT2D eigenvalue weighted by Crippen LogP contribution is 2.19. The molecule has 4 nitrogen and oxygen atoms in total. The van der Waals surface area contributed by atoms with Gasteiger partial charge in [0.25, 0.3) is 0 Å². The van der Waals surface area contributed by atoms with Crippen molar-refractivity contribution in [2.75, 3.05) is 18.9 Å². The van der Waals surface area contributed by atoms with E-state index in [1.54, 1.807) is 17.5 Å². The molecule has 0 aromatic carbocycles. The van der Waals surface area contributed by atoms with Gasteiger partial charge in [0.1, 0.15) is 0 Å². The lowest BCUT2D eigenvalue weighted by atomic mass is 10.3. The van der Waals surface area contributed by atoms with E-state index >= 15 is 0 Å². The van der Waals surface area contributed by atoms with E-state index in [4.69, 9.17) is 0 Å². The van der Waals surface area contributed by atoms with Gasteiger partial charge in [-0.25, -0.2) is 4.98 Å². The molecule has 0 aliphatic carbocycles. The molecule has 2 heterocycles. The predicted molar refractivity (Wildman–Crippen MR) is 75.7 cm³/mol. The van der Waals surface area contributed by atoms with Crippen LogP contribution in [-0.2, 0) is 13.1 Å². The monoisotopic (exact) mass is 262 g/mol. The van der Waals surface area contributed by atoms with Crippen molar-refractivity contribution in [3.05, 3.63) is 41.2 Å². The van der Waals surface area contributed by atoms with Crippen LogP contribution in [0.15, 0.2) is 30.7 Å². The van der Waals surface area contributed by atoms with Gasteiger partial charge in [0, 0.05) is 43.1 Å². The van der Waals surface area contributed by atoms with Crippen molar-refractivity contribution in [3.8, 4) is 0 Å². The molecule has 0 saturated heterocycles. The normalized spacial score (nSPS) is 10.8. The fourth-order valence-electron chi connectivity index (χ4n) is 1.74. The lowest BCUT2D eigenvalue weighted by Gasteiger charge is -2.14. The van der Waals surface area contributed by atoms with Gasteiger partial charge in [0.05, 0.1) is 0 Å². The summed E-state index contributed by atoms with van der Waals surface area (Å²) < 4.78 is 0. The summed E-state index contributed by atoms with van der Waals surface area (Å²) in [6.07, 6.45) is 5.66.